The molecule has 5 nitrogen and oxygen atoms in total. The van der Waals surface area contributed by atoms with Gasteiger partial charge in [-0.15, -0.1) is 0 Å². The van der Waals surface area contributed by atoms with Gasteiger partial charge in [0.05, 0.1) is 17.9 Å². The van der Waals surface area contributed by atoms with Gasteiger partial charge in [0.25, 0.3) is 5.91 Å². The number of rotatable bonds is 4. The summed E-state index contributed by atoms with van der Waals surface area (Å²) < 4.78 is 0. The molecule has 0 aliphatic carbocycles. The topological polar surface area (TPSA) is 78.6 Å². The number of nitrogens with zero attached hydrogens (tertiary/aromatic N) is 1. The predicted molar refractivity (Wildman–Crippen MR) is 64.6 cm³/mol. The highest BCUT2D eigenvalue weighted by Gasteiger charge is 2.13. The molecule has 0 spiro atoms. The lowest BCUT2D eigenvalue weighted by atomic mass is 10.1. The fourth-order valence-electron chi connectivity index (χ4n) is 1.46. The van der Waals surface area contributed by atoms with Crippen LogP contribution < -0.4 is 16.0 Å². The molecule has 0 heterocycles. The van der Waals surface area contributed by atoms with Crippen molar-refractivity contribution in [3.05, 3.63) is 23.8 Å². The van der Waals surface area contributed by atoms with Gasteiger partial charge in [-0.25, -0.2) is 0 Å². The van der Waals surface area contributed by atoms with Gasteiger partial charge in [-0.05, 0) is 18.2 Å². The smallest absolute Gasteiger partial charge is 0.253 e. The minimum atomic E-state index is -0.167. The molecule has 0 atom stereocenters. The molecule has 5 heteroatoms. The van der Waals surface area contributed by atoms with Crippen molar-refractivity contribution in [1.82, 2.24) is 5.32 Å². The third-order valence-corrected chi connectivity index (χ3v) is 2.34. The van der Waals surface area contributed by atoms with Crippen molar-refractivity contribution < 1.29 is 9.90 Å². The van der Waals surface area contributed by atoms with Crippen LogP contribution in [-0.2, 0) is 0 Å². The number of nitrogen functional groups attached to an aromatic ring is 1. The molecule has 0 bridgehead atoms. The zero-order valence-electron chi connectivity index (χ0n) is 9.53. The van der Waals surface area contributed by atoms with E-state index in [0.717, 1.165) is 0 Å². The molecule has 0 aliphatic rings. The van der Waals surface area contributed by atoms with Crippen molar-refractivity contribution in [3.63, 3.8) is 0 Å². The van der Waals surface area contributed by atoms with Gasteiger partial charge in [0.1, 0.15) is 0 Å². The molecule has 0 aromatic heterocycles. The van der Waals surface area contributed by atoms with E-state index in [4.69, 9.17) is 10.8 Å². The number of aliphatic hydroxyl groups excluding tert-OH is 1. The van der Waals surface area contributed by atoms with Crippen LogP contribution in [-0.4, -0.2) is 38.3 Å². The number of aliphatic hydroxyl groups is 1. The van der Waals surface area contributed by atoms with Gasteiger partial charge in [0, 0.05) is 26.3 Å². The monoisotopic (exact) mass is 223 g/mol. The first kappa shape index (κ1) is 12.3. The van der Waals surface area contributed by atoms with Gasteiger partial charge in [-0.2, -0.15) is 0 Å². The van der Waals surface area contributed by atoms with Crippen LogP contribution in [0.2, 0.25) is 0 Å². The van der Waals surface area contributed by atoms with Crippen LogP contribution in [0.15, 0.2) is 18.2 Å². The lowest BCUT2D eigenvalue weighted by Gasteiger charge is -2.21. The molecule has 0 fully saturated rings. The number of hydrogen-bond acceptors (Lipinski definition) is 4. The Morgan fingerprint density at radius 3 is 2.81 bits per heavy atom. The van der Waals surface area contributed by atoms with Gasteiger partial charge in [0.15, 0.2) is 0 Å². The van der Waals surface area contributed by atoms with Crippen molar-refractivity contribution in [2.45, 2.75) is 0 Å². The molecule has 0 radical (unpaired) electrons. The van der Waals surface area contributed by atoms with E-state index in [1.807, 2.05) is 0 Å². The molecule has 0 aliphatic heterocycles. The molecule has 0 saturated heterocycles. The summed E-state index contributed by atoms with van der Waals surface area (Å²) in [7, 11) is 3.38. The van der Waals surface area contributed by atoms with Crippen LogP contribution in [0.1, 0.15) is 10.4 Å². The highest BCUT2D eigenvalue weighted by molar-refractivity contribution is 6.00. The maximum atomic E-state index is 11.6. The zero-order chi connectivity index (χ0) is 12.1. The fourth-order valence-corrected chi connectivity index (χ4v) is 1.46. The van der Waals surface area contributed by atoms with Crippen molar-refractivity contribution in [2.75, 3.05) is 37.9 Å². The van der Waals surface area contributed by atoms with E-state index in [1.54, 1.807) is 37.2 Å². The molecule has 4 N–H and O–H groups in total. The summed E-state index contributed by atoms with van der Waals surface area (Å²) in [6.07, 6.45) is 0. The largest absolute Gasteiger partial charge is 0.399 e. The number of likely N-dealkylation sites (N-methyl/N-ethyl adjacent to an activating group) is 1. The number of amides is 1. The van der Waals surface area contributed by atoms with Crippen LogP contribution in [0.3, 0.4) is 0 Å². The van der Waals surface area contributed by atoms with E-state index in [1.165, 1.54) is 0 Å². The number of carbonyl (C=O) groups excluding carboxylic acids is 1. The normalized spacial score (nSPS) is 9.94. The molecule has 1 amide bonds. The summed E-state index contributed by atoms with van der Waals surface area (Å²) in [5, 5.41) is 11.4. The molecular formula is C11H17N3O2. The third kappa shape index (κ3) is 2.64. The van der Waals surface area contributed by atoms with Gasteiger partial charge < -0.3 is 21.1 Å². The van der Waals surface area contributed by atoms with Crippen LogP contribution in [0.4, 0.5) is 11.4 Å². The summed E-state index contributed by atoms with van der Waals surface area (Å²) in [6.45, 7) is 0.478. The molecule has 0 unspecified atom stereocenters. The third-order valence-electron chi connectivity index (χ3n) is 2.34. The minimum absolute atomic E-state index is 0.0263. The van der Waals surface area contributed by atoms with E-state index in [-0.39, 0.29) is 12.5 Å². The number of benzene rings is 1. The van der Waals surface area contributed by atoms with E-state index in [9.17, 15) is 4.79 Å². The Bertz CT molecular complexity index is 379. The average molecular weight is 223 g/mol. The Balaban J connectivity index is 3.12. The summed E-state index contributed by atoms with van der Waals surface area (Å²) in [6, 6.07) is 5.08. The summed E-state index contributed by atoms with van der Waals surface area (Å²) >= 11 is 0. The molecule has 1 rings (SSSR count). The second-order valence-corrected chi connectivity index (χ2v) is 3.50. The first-order chi connectivity index (χ1) is 7.60. The Kier molecular flexibility index (Phi) is 4.13. The number of nitrogens with one attached hydrogen (secondary N) is 1. The second kappa shape index (κ2) is 5.37. The number of carbonyl (C=O) groups is 1. The quantitative estimate of drug-likeness (QED) is 0.631. The van der Waals surface area contributed by atoms with Crippen molar-refractivity contribution in [1.29, 1.82) is 0 Å². The zero-order valence-corrected chi connectivity index (χ0v) is 9.53. The summed E-state index contributed by atoms with van der Waals surface area (Å²) in [4.78, 5) is 13.4. The van der Waals surface area contributed by atoms with Gasteiger partial charge in [0.2, 0.25) is 0 Å². The van der Waals surface area contributed by atoms with Crippen LogP contribution in [0.5, 0.6) is 0 Å². The van der Waals surface area contributed by atoms with Crippen LogP contribution in [0.25, 0.3) is 0 Å². The number of anilines is 2. The number of hydrogen-bond donors (Lipinski definition) is 3. The van der Waals surface area contributed by atoms with E-state index in [0.29, 0.717) is 23.5 Å². The highest BCUT2D eigenvalue weighted by Crippen LogP contribution is 2.22. The van der Waals surface area contributed by atoms with E-state index >= 15 is 0 Å². The average Bonchev–Trinajstić information content (AvgIpc) is 2.28. The molecule has 1 aromatic rings. The van der Waals surface area contributed by atoms with Gasteiger partial charge in [-0.3, -0.25) is 4.79 Å². The number of nitrogens with two attached hydrogens (primary N) is 1. The van der Waals surface area contributed by atoms with Crippen molar-refractivity contribution in [2.24, 2.45) is 0 Å². The lowest BCUT2D eigenvalue weighted by molar-refractivity contribution is 0.0963. The second-order valence-electron chi connectivity index (χ2n) is 3.50. The van der Waals surface area contributed by atoms with Gasteiger partial charge in [-0.1, -0.05) is 0 Å². The molecule has 16 heavy (non-hydrogen) atoms. The maximum Gasteiger partial charge on any atom is 0.253 e. The van der Waals surface area contributed by atoms with Gasteiger partial charge >= 0.3 is 0 Å². The lowest BCUT2D eigenvalue weighted by Crippen LogP contribution is -2.26. The molecule has 88 valence electrons. The highest BCUT2D eigenvalue weighted by atomic mass is 16.3. The Morgan fingerprint density at radius 2 is 2.25 bits per heavy atom. The first-order valence-corrected chi connectivity index (χ1v) is 5.03. The Morgan fingerprint density at radius 1 is 1.56 bits per heavy atom. The summed E-state index contributed by atoms with van der Waals surface area (Å²) in [5.41, 5.74) is 7.54. The Hall–Kier alpha value is -1.75. The molecular weight excluding hydrogens is 206 g/mol. The first-order valence-electron chi connectivity index (χ1n) is 5.03. The SMILES string of the molecule is CNC(=O)c1ccc(N)cc1N(C)CCO. The summed E-state index contributed by atoms with van der Waals surface area (Å²) in [5.74, 6) is -0.167. The van der Waals surface area contributed by atoms with E-state index < -0.39 is 0 Å². The van der Waals surface area contributed by atoms with Crippen LogP contribution >= 0.6 is 0 Å². The van der Waals surface area contributed by atoms with Crippen molar-refractivity contribution in [3.8, 4) is 0 Å². The minimum Gasteiger partial charge on any atom is -0.399 e. The Labute approximate surface area is 94.9 Å². The maximum absolute atomic E-state index is 11.6. The molecule has 1 aromatic carbocycles. The molecule has 0 saturated carbocycles. The fraction of sp³-hybridized carbons (Fsp3) is 0.364. The standard InChI is InChI=1S/C11H17N3O2/c1-13-11(16)9-4-3-8(12)7-10(9)14(2)5-6-15/h3-4,7,15H,5-6,12H2,1-2H3,(H,13,16). The van der Waals surface area contributed by atoms with E-state index in [2.05, 4.69) is 5.32 Å². The van der Waals surface area contributed by atoms with Crippen molar-refractivity contribution >= 4 is 17.3 Å². The predicted octanol–water partition coefficient (Wildman–Crippen LogP) is 0.0569. The van der Waals surface area contributed by atoms with Crippen LogP contribution in [0, 0.1) is 0 Å².